The van der Waals surface area contributed by atoms with Gasteiger partial charge in [-0.25, -0.2) is 19.4 Å². The lowest BCUT2D eigenvalue weighted by Crippen LogP contribution is -2.30. The molecule has 1 unspecified atom stereocenters. The van der Waals surface area contributed by atoms with Crippen molar-refractivity contribution in [3.63, 3.8) is 0 Å². The lowest BCUT2D eigenvalue weighted by molar-refractivity contribution is -0.117. The van der Waals surface area contributed by atoms with Crippen LogP contribution in [-0.4, -0.2) is 28.1 Å². The zero-order valence-corrected chi connectivity index (χ0v) is 16.7. The van der Waals surface area contributed by atoms with Gasteiger partial charge >= 0.3 is 0 Å². The van der Waals surface area contributed by atoms with Crippen LogP contribution in [0.4, 0.5) is 4.39 Å². The van der Waals surface area contributed by atoms with Gasteiger partial charge in [-0.1, -0.05) is 5.57 Å². The highest BCUT2D eigenvalue weighted by molar-refractivity contribution is 5.98. The third-order valence-corrected chi connectivity index (χ3v) is 4.58. The number of amides is 1. The monoisotopic (exact) mass is 373 g/mol. The van der Waals surface area contributed by atoms with E-state index in [1.54, 1.807) is 0 Å². The first kappa shape index (κ1) is 20.7. The van der Waals surface area contributed by atoms with Gasteiger partial charge in [0.15, 0.2) is 0 Å². The van der Waals surface area contributed by atoms with Crippen LogP contribution in [0.1, 0.15) is 65.2 Å². The van der Waals surface area contributed by atoms with Gasteiger partial charge in [0.1, 0.15) is 17.8 Å². The predicted octanol–water partition coefficient (Wildman–Crippen LogP) is 3.53. The highest BCUT2D eigenvalue weighted by atomic mass is 19.1. The molecule has 0 saturated heterocycles. The Hall–Kier alpha value is -2.57. The summed E-state index contributed by atoms with van der Waals surface area (Å²) in [6.45, 7) is 12.9. The molecule has 1 atom stereocenters. The molecule has 6 nitrogen and oxygen atoms in total. The molecule has 0 bridgehead atoms. The Morgan fingerprint density at radius 1 is 1.41 bits per heavy atom. The summed E-state index contributed by atoms with van der Waals surface area (Å²) in [5.74, 6) is 0.732. The summed E-state index contributed by atoms with van der Waals surface area (Å²) in [4.78, 5) is 25.1. The first-order valence-electron chi connectivity index (χ1n) is 9.04. The van der Waals surface area contributed by atoms with E-state index in [0.717, 1.165) is 24.0 Å². The molecule has 0 radical (unpaired) electrons. The maximum atomic E-state index is 13.4. The van der Waals surface area contributed by atoms with E-state index in [0.29, 0.717) is 22.9 Å². The predicted molar refractivity (Wildman–Crippen MR) is 105 cm³/mol. The molecule has 2 N–H and O–H groups in total. The Kier molecular flexibility index (Phi) is 6.46. The van der Waals surface area contributed by atoms with Crippen LogP contribution in [0, 0.1) is 0 Å². The Bertz CT molecular complexity index is 789. The van der Waals surface area contributed by atoms with Crippen LogP contribution in [0.5, 0.6) is 0 Å². The molecule has 1 fully saturated rings. The molecule has 146 valence electrons. The fourth-order valence-electron chi connectivity index (χ4n) is 2.71. The van der Waals surface area contributed by atoms with Crippen LogP contribution in [0.3, 0.4) is 0 Å². The fourth-order valence-corrected chi connectivity index (χ4v) is 2.71. The van der Waals surface area contributed by atoms with Crippen LogP contribution < -0.4 is 10.6 Å². The normalized spacial score (nSPS) is 16.7. The van der Waals surface area contributed by atoms with Gasteiger partial charge in [0.25, 0.3) is 5.91 Å². The maximum absolute atomic E-state index is 13.4. The van der Waals surface area contributed by atoms with E-state index in [9.17, 15) is 9.18 Å². The van der Waals surface area contributed by atoms with Gasteiger partial charge in [-0.15, -0.1) is 0 Å². The van der Waals surface area contributed by atoms with Crippen molar-refractivity contribution in [2.75, 3.05) is 0 Å². The minimum Gasteiger partial charge on any atom is -0.365 e. The van der Waals surface area contributed by atoms with Crippen molar-refractivity contribution in [2.24, 2.45) is 4.99 Å². The molecule has 1 heterocycles. The average molecular weight is 373 g/mol. The lowest BCUT2D eigenvalue weighted by atomic mass is 10.0. The molecule has 1 saturated carbocycles. The number of alkyl halides is 1. The summed E-state index contributed by atoms with van der Waals surface area (Å²) in [6, 6.07) is 1.52. The van der Waals surface area contributed by atoms with E-state index in [-0.39, 0.29) is 18.0 Å². The summed E-state index contributed by atoms with van der Waals surface area (Å²) in [5.41, 5.74) is 2.47. The average Bonchev–Trinajstić information content (AvgIpc) is 3.35. The Labute approximate surface area is 160 Å². The smallest absolute Gasteiger partial charge is 0.251 e. The van der Waals surface area contributed by atoms with E-state index in [1.807, 2.05) is 20.8 Å². The van der Waals surface area contributed by atoms with E-state index in [4.69, 9.17) is 0 Å². The zero-order valence-electron chi connectivity index (χ0n) is 16.7. The van der Waals surface area contributed by atoms with Gasteiger partial charge < -0.3 is 10.6 Å². The summed E-state index contributed by atoms with van der Waals surface area (Å²) in [6.07, 6.45) is 2.44. The molecule has 1 aliphatic rings. The topological polar surface area (TPSA) is 79.3 Å². The number of rotatable bonds is 8. The van der Waals surface area contributed by atoms with Crippen molar-refractivity contribution in [3.8, 4) is 0 Å². The summed E-state index contributed by atoms with van der Waals surface area (Å²) < 4.78 is 13.4. The second-order valence-corrected chi connectivity index (χ2v) is 7.39. The maximum Gasteiger partial charge on any atom is 0.251 e. The third kappa shape index (κ3) is 5.45. The minimum absolute atomic E-state index is 0.0261. The number of nitrogens with one attached hydrogen (secondary N) is 2. The Morgan fingerprint density at radius 2 is 2.07 bits per heavy atom. The number of hydrogen-bond acceptors (Lipinski definition) is 5. The van der Waals surface area contributed by atoms with E-state index >= 15 is 0 Å². The van der Waals surface area contributed by atoms with Crippen molar-refractivity contribution in [2.45, 2.75) is 65.7 Å². The number of carbonyl (C=O) groups excluding carboxylic acids is 1. The van der Waals surface area contributed by atoms with Crippen LogP contribution in [0.25, 0.3) is 0 Å². The largest absolute Gasteiger partial charge is 0.365 e. The standard InChI is InChI=1S/C20H28FN5O/c1-12(2)17(13(3)18(22-6)26-20(5)8-9-20)19(27)24-11-16-23-10-7-15(25-16)14(4)21/h7,10,14,26H,6,8-9,11H2,1-5H3,(H,24,27)/b18-13-. The van der Waals surface area contributed by atoms with Crippen molar-refractivity contribution < 1.29 is 9.18 Å². The number of halogens is 1. The number of aromatic nitrogens is 2. The molecule has 7 heteroatoms. The van der Waals surface area contributed by atoms with Gasteiger partial charge in [0, 0.05) is 22.9 Å². The molecule has 1 aliphatic carbocycles. The molecule has 0 aliphatic heterocycles. The van der Waals surface area contributed by atoms with E-state index < -0.39 is 6.17 Å². The molecule has 0 aromatic carbocycles. The third-order valence-electron chi connectivity index (χ3n) is 4.58. The summed E-state index contributed by atoms with van der Waals surface area (Å²) >= 11 is 0. The zero-order chi connectivity index (χ0) is 20.2. The minimum atomic E-state index is -1.18. The molecule has 0 spiro atoms. The van der Waals surface area contributed by atoms with E-state index in [1.165, 1.54) is 19.2 Å². The molecule has 27 heavy (non-hydrogen) atoms. The highest BCUT2D eigenvalue weighted by Crippen LogP contribution is 2.36. The van der Waals surface area contributed by atoms with E-state index in [2.05, 4.69) is 39.2 Å². The van der Waals surface area contributed by atoms with Crippen molar-refractivity contribution in [1.29, 1.82) is 0 Å². The summed E-state index contributed by atoms with van der Waals surface area (Å²) in [7, 11) is 0. The fraction of sp³-hybridized carbons (Fsp3) is 0.500. The molecule has 1 amide bonds. The first-order chi connectivity index (χ1) is 12.7. The Morgan fingerprint density at radius 3 is 2.59 bits per heavy atom. The van der Waals surface area contributed by atoms with Crippen molar-refractivity contribution >= 4 is 12.6 Å². The van der Waals surface area contributed by atoms with Crippen LogP contribution >= 0.6 is 0 Å². The number of aliphatic imine (C=N–C) groups is 1. The van der Waals surface area contributed by atoms with Crippen LogP contribution in [0.15, 0.2) is 39.8 Å². The second kappa shape index (κ2) is 8.41. The highest BCUT2D eigenvalue weighted by Gasteiger charge is 2.38. The quantitative estimate of drug-likeness (QED) is 0.415. The van der Waals surface area contributed by atoms with Gasteiger partial charge in [0.05, 0.1) is 12.2 Å². The van der Waals surface area contributed by atoms with Crippen molar-refractivity contribution in [1.82, 2.24) is 20.6 Å². The molecule has 2 rings (SSSR count). The molecule has 1 aromatic heterocycles. The van der Waals surface area contributed by atoms with Gasteiger partial charge in [-0.05, 0) is 60.2 Å². The lowest BCUT2D eigenvalue weighted by Gasteiger charge is -2.18. The summed E-state index contributed by atoms with van der Waals surface area (Å²) in [5, 5.41) is 6.19. The van der Waals surface area contributed by atoms with Gasteiger partial charge in [0.2, 0.25) is 0 Å². The van der Waals surface area contributed by atoms with Crippen LogP contribution in [-0.2, 0) is 11.3 Å². The molecular weight excluding hydrogens is 345 g/mol. The number of allylic oxidation sites excluding steroid dienone is 1. The molecule has 1 aromatic rings. The van der Waals surface area contributed by atoms with Gasteiger partial charge in [-0.3, -0.25) is 4.79 Å². The van der Waals surface area contributed by atoms with Gasteiger partial charge in [-0.2, -0.15) is 0 Å². The molecular formula is C20H28FN5O. The first-order valence-corrected chi connectivity index (χ1v) is 9.04. The SMILES string of the molecule is C=N/C(NC1(C)CC1)=C(\C)C(C(=O)NCc1nccc(C(C)F)n1)=C(C)C. The van der Waals surface area contributed by atoms with Crippen LogP contribution in [0.2, 0.25) is 0 Å². The Balaban J connectivity index is 2.16. The second-order valence-electron chi connectivity index (χ2n) is 7.39. The number of carbonyl (C=O) groups is 1. The number of hydrogen-bond donors (Lipinski definition) is 2. The number of nitrogens with zero attached hydrogens (tertiary/aromatic N) is 3. The van der Waals surface area contributed by atoms with Crippen molar-refractivity contribution in [3.05, 3.63) is 46.3 Å².